The Morgan fingerprint density at radius 1 is 0.964 bits per heavy atom. The number of para-hydroxylation sites is 2. The molecular weight excluding hydrogens is 370 g/mol. The van der Waals surface area contributed by atoms with E-state index in [4.69, 9.17) is 0 Å². The summed E-state index contributed by atoms with van der Waals surface area (Å²) in [5, 5.41) is 0. The van der Waals surface area contributed by atoms with Gasteiger partial charge in [0.05, 0.1) is 11.4 Å². The van der Waals surface area contributed by atoms with Gasteiger partial charge in [-0.3, -0.25) is 15.6 Å². The van der Waals surface area contributed by atoms with E-state index in [-0.39, 0.29) is 5.91 Å². The summed E-state index contributed by atoms with van der Waals surface area (Å²) in [7, 11) is 0. The van der Waals surface area contributed by atoms with Crippen LogP contribution in [0.1, 0.15) is 17.8 Å². The lowest BCUT2D eigenvalue weighted by Gasteiger charge is -2.32. The average molecular weight is 392 g/mol. The molecule has 2 heterocycles. The van der Waals surface area contributed by atoms with E-state index in [2.05, 4.69) is 50.0 Å². The molecule has 142 valence electrons. The molecular formula is C21H21N5OS. The molecule has 0 bridgehead atoms. The standard InChI is InChI=1S/C21H21N5OS/c1-14-13-15(2)23-21(22-14)25-24-20(27)11-12-26-16-7-3-5-9-18(16)28-19-10-6-4-8-17(19)26/h3-10,13H,11-12H2,1-2H3,(H,24,27)(H,22,23,25). The summed E-state index contributed by atoms with van der Waals surface area (Å²) in [6.45, 7) is 4.37. The van der Waals surface area contributed by atoms with Crippen LogP contribution in [-0.4, -0.2) is 22.4 Å². The van der Waals surface area contributed by atoms with Crippen molar-refractivity contribution in [1.82, 2.24) is 15.4 Å². The molecule has 2 N–H and O–H groups in total. The van der Waals surface area contributed by atoms with Gasteiger partial charge in [-0.2, -0.15) is 0 Å². The smallest absolute Gasteiger partial charge is 0.242 e. The third-order valence-corrected chi connectivity index (χ3v) is 5.52. The summed E-state index contributed by atoms with van der Waals surface area (Å²) in [6.07, 6.45) is 0.338. The van der Waals surface area contributed by atoms with Gasteiger partial charge in [0.15, 0.2) is 0 Å². The van der Waals surface area contributed by atoms with Gasteiger partial charge in [0.25, 0.3) is 0 Å². The minimum absolute atomic E-state index is 0.115. The zero-order valence-corrected chi connectivity index (χ0v) is 16.6. The van der Waals surface area contributed by atoms with Gasteiger partial charge in [0.2, 0.25) is 11.9 Å². The lowest BCUT2D eigenvalue weighted by atomic mass is 10.2. The lowest BCUT2D eigenvalue weighted by molar-refractivity contribution is -0.120. The molecule has 4 rings (SSSR count). The van der Waals surface area contributed by atoms with Crippen molar-refractivity contribution in [2.45, 2.75) is 30.1 Å². The molecule has 7 heteroatoms. The first kappa shape index (κ1) is 18.3. The highest BCUT2D eigenvalue weighted by Crippen LogP contribution is 2.47. The van der Waals surface area contributed by atoms with E-state index in [0.717, 1.165) is 22.8 Å². The van der Waals surface area contributed by atoms with Crippen molar-refractivity contribution in [1.29, 1.82) is 0 Å². The predicted molar refractivity (Wildman–Crippen MR) is 112 cm³/mol. The van der Waals surface area contributed by atoms with E-state index in [1.807, 2.05) is 44.2 Å². The summed E-state index contributed by atoms with van der Waals surface area (Å²) >= 11 is 1.76. The summed E-state index contributed by atoms with van der Waals surface area (Å²) in [6, 6.07) is 18.4. The molecule has 0 fully saturated rings. The van der Waals surface area contributed by atoms with E-state index < -0.39 is 0 Å². The first-order valence-electron chi connectivity index (χ1n) is 9.11. The number of hydrazine groups is 1. The van der Waals surface area contributed by atoms with Crippen molar-refractivity contribution in [3.63, 3.8) is 0 Å². The normalized spacial score (nSPS) is 12.1. The highest BCUT2D eigenvalue weighted by Gasteiger charge is 2.23. The molecule has 2 aromatic carbocycles. The number of hydrogen-bond donors (Lipinski definition) is 2. The van der Waals surface area contributed by atoms with Crippen LogP contribution in [0.15, 0.2) is 64.4 Å². The molecule has 1 aliphatic heterocycles. The zero-order chi connectivity index (χ0) is 19.5. The Morgan fingerprint density at radius 3 is 2.14 bits per heavy atom. The Morgan fingerprint density at radius 2 is 1.54 bits per heavy atom. The van der Waals surface area contributed by atoms with Crippen LogP contribution in [0, 0.1) is 13.8 Å². The Labute approximate surface area is 168 Å². The minimum Gasteiger partial charge on any atom is -0.339 e. The number of hydrogen-bond acceptors (Lipinski definition) is 6. The van der Waals surface area contributed by atoms with Gasteiger partial charge < -0.3 is 4.90 Å². The number of carbonyl (C=O) groups is 1. The van der Waals surface area contributed by atoms with Gasteiger partial charge in [-0.1, -0.05) is 36.0 Å². The van der Waals surface area contributed by atoms with Gasteiger partial charge in [-0.15, -0.1) is 0 Å². The topological polar surface area (TPSA) is 70.2 Å². The van der Waals surface area contributed by atoms with Gasteiger partial charge in [-0.05, 0) is 44.2 Å². The SMILES string of the molecule is Cc1cc(C)nc(NNC(=O)CCN2c3ccccc3Sc3ccccc32)n1. The highest BCUT2D eigenvalue weighted by molar-refractivity contribution is 7.99. The Hall–Kier alpha value is -3.06. The minimum atomic E-state index is -0.115. The number of carbonyl (C=O) groups excluding carboxylic acids is 1. The van der Waals surface area contributed by atoms with Crippen molar-refractivity contribution in [2.75, 3.05) is 16.9 Å². The highest BCUT2D eigenvalue weighted by atomic mass is 32.2. The van der Waals surface area contributed by atoms with Crippen LogP contribution in [0.4, 0.5) is 17.3 Å². The van der Waals surface area contributed by atoms with Crippen LogP contribution in [0.5, 0.6) is 0 Å². The van der Waals surface area contributed by atoms with Gasteiger partial charge in [0, 0.05) is 34.1 Å². The molecule has 0 aliphatic carbocycles. The fourth-order valence-corrected chi connectivity index (χ4v) is 4.30. The maximum atomic E-state index is 12.4. The van der Waals surface area contributed by atoms with E-state index in [1.165, 1.54) is 9.79 Å². The van der Waals surface area contributed by atoms with Gasteiger partial charge in [-0.25, -0.2) is 9.97 Å². The largest absolute Gasteiger partial charge is 0.339 e. The second-order valence-corrected chi connectivity index (χ2v) is 7.67. The summed E-state index contributed by atoms with van der Waals surface area (Å²) < 4.78 is 0. The first-order chi connectivity index (χ1) is 13.6. The number of anilines is 3. The molecule has 1 aliphatic rings. The van der Waals surface area contributed by atoms with Crippen LogP contribution in [-0.2, 0) is 4.79 Å². The number of benzene rings is 2. The molecule has 0 radical (unpaired) electrons. The van der Waals surface area contributed by atoms with Gasteiger partial charge in [0.1, 0.15) is 0 Å². The number of fused-ring (bicyclic) bond motifs is 2. The van der Waals surface area contributed by atoms with E-state index in [9.17, 15) is 4.79 Å². The molecule has 0 saturated heterocycles. The molecule has 6 nitrogen and oxygen atoms in total. The number of aryl methyl sites for hydroxylation is 2. The quantitative estimate of drug-likeness (QED) is 0.635. The molecule has 0 unspecified atom stereocenters. The molecule has 1 aromatic heterocycles. The van der Waals surface area contributed by atoms with E-state index >= 15 is 0 Å². The third kappa shape index (κ3) is 3.94. The zero-order valence-electron chi connectivity index (χ0n) is 15.8. The fourth-order valence-electron chi connectivity index (χ4n) is 3.21. The summed E-state index contributed by atoms with van der Waals surface area (Å²) in [5.41, 5.74) is 9.46. The number of rotatable bonds is 5. The lowest BCUT2D eigenvalue weighted by Crippen LogP contribution is -2.33. The monoisotopic (exact) mass is 391 g/mol. The van der Waals surface area contributed by atoms with Crippen LogP contribution in [0.25, 0.3) is 0 Å². The summed E-state index contributed by atoms with van der Waals surface area (Å²) in [4.78, 5) is 25.5. The number of amides is 1. The Balaban J connectivity index is 1.44. The summed E-state index contributed by atoms with van der Waals surface area (Å²) in [5.74, 6) is 0.284. The molecule has 0 spiro atoms. The van der Waals surface area contributed by atoms with Gasteiger partial charge >= 0.3 is 0 Å². The third-order valence-electron chi connectivity index (χ3n) is 4.39. The molecule has 3 aromatic rings. The van der Waals surface area contributed by atoms with Crippen LogP contribution < -0.4 is 15.8 Å². The Kier molecular flexibility index (Phi) is 5.16. The van der Waals surface area contributed by atoms with E-state index in [1.54, 1.807) is 11.8 Å². The fraction of sp³-hybridized carbons (Fsp3) is 0.190. The van der Waals surface area contributed by atoms with Crippen molar-refractivity contribution in [2.24, 2.45) is 0 Å². The maximum absolute atomic E-state index is 12.4. The number of nitrogens with one attached hydrogen (secondary N) is 2. The molecule has 0 atom stereocenters. The molecule has 28 heavy (non-hydrogen) atoms. The maximum Gasteiger partial charge on any atom is 0.242 e. The van der Waals surface area contributed by atoms with Crippen molar-refractivity contribution < 1.29 is 4.79 Å². The van der Waals surface area contributed by atoms with Crippen LogP contribution in [0.3, 0.4) is 0 Å². The predicted octanol–water partition coefficient (Wildman–Crippen LogP) is 4.23. The van der Waals surface area contributed by atoms with Crippen molar-refractivity contribution in [3.8, 4) is 0 Å². The average Bonchev–Trinajstić information content (AvgIpc) is 2.69. The second-order valence-electron chi connectivity index (χ2n) is 6.59. The van der Waals surface area contributed by atoms with Crippen LogP contribution in [0.2, 0.25) is 0 Å². The number of aromatic nitrogens is 2. The number of nitrogens with zero attached hydrogens (tertiary/aromatic N) is 3. The Bertz CT molecular complexity index is 957. The van der Waals surface area contributed by atoms with Crippen molar-refractivity contribution >= 4 is 35.0 Å². The van der Waals surface area contributed by atoms with Crippen LogP contribution >= 0.6 is 11.8 Å². The molecule has 0 saturated carbocycles. The first-order valence-corrected chi connectivity index (χ1v) is 9.92. The molecule has 1 amide bonds. The van der Waals surface area contributed by atoms with E-state index in [0.29, 0.717) is 18.9 Å². The van der Waals surface area contributed by atoms with Crippen molar-refractivity contribution in [3.05, 3.63) is 66.0 Å². The second kappa shape index (κ2) is 7.90.